The highest BCUT2D eigenvalue weighted by atomic mass is 16.4. The largest absolute Gasteiger partial charge is 0.508 e. The molecule has 1 rings (SSSR count). The van der Waals surface area contributed by atoms with E-state index in [4.69, 9.17) is 16.9 Å². The minimum absolute atomic E-state index is 0.00217. The van der Waals surface area contributed by atoms with Gasteiger partial charge in [-0.2, -0.15) is 0 Å². The zero-order valence-corrected chi connectivity index (χ0v) is 33.5. The van der Waals surface area contributed by atoms with E-state index in [1.165, 1.54) is 12.1 Å². The van der Waals surface area contributed by atoms with Crippen LogP contribution < -0.4 is 43.4 Å². The van der Waals surface area contributed by atoms with E-state index in [0.717, 1.165) is 0 Å². The molecule has 0 heterocycles. The molecule has 5 amide bonds. The van der Waals surface area contributed by atoms with Crippen LogP contribution in [-0.2, 0) is 35.2 Å². The van der Waals surface area contributed by atoms with Gasteiger partial charge < -0.3 is 53.6 Å². The van der Waals surface area contributed by atoms with E-state index in [0.29, 0.717) is 18.4 Å². The second-order valence-electron chi connectivity index (χ2n) is 15.3. The molecule has 1 aromatic carbocycles. The lowest BCUT2D eigenvalue weighted by Gasteiger charge is -2.30. The van der Waals surface area contributed by atoms with E-state index in [2.05, 4.69) is 31.9 Å². The maximum Gasteiger partial charge on any atom is 0.326 e. The summed E-state index contributed by atoms with van der Waals surface area (Å²) in [6.45, 7) is 14.8. The van der Waals surface area contributed by atoms with Crippen molar-refractivity contribution >= 4 is 41.5 Å². The van der Waals surface area contributed by atoms with E-state index < -0.39 is 83.6 Å². The lowest BCUT2D eigenvalue weighted by molar-refractivity contribution is -0.143. The van der Waals surface area contributed by atoms with Gasteiger partial charge in [0.25, 0.3) is 0 Å². The van der Waals surface area contributed by atoms with Crippen LogP contribution in [0.2, 0.25) is 0 Å². The molecule has 13 N–H and O–H groups in total. The van der Waals surface area contributed by atoms with Crippen molar-refractivity contribution in [3.63, 3.8) is 0 Å². The lowest BCUT2D eigenvalue weighted by atomic mass is 9.95. The Morgan fingerprint density at radius 1 is 0.709 bits per heavy atom. The minimum atomic E-state index is -1.27. The highest BCUT2D eigenvalue weighted by Crippen LogP contribution is 2.15. The van der Waals surface area contributed by atoms with E-state index >= 15 is 0 Å². The van der Waals surface area contributed by atoms with Gasteiger partial charge in [-0.05, 0) is 67.1 Å². The van der Waals surface area contributed by atoms with Crippen LogP contribution in [0.4, 0.5) is 0 Å². The number of nitrogens with two attached hydrogens (primary N) is 2. The maximum absolute atomic E-state index is 14.0. The molecule has 0 aliphatic rings. The van der Waals surface area contributed by atoms with Crippen molar-refractivity contribution in [3.8, 4) is 5.75 Å². The number of phenols is 1. The highest BCUT2D eigenvalue weighted by Gasteiger charge is 2.35. The van der Waals surface area contributed by atoms with Gasteiger partial charge in [-0.15, -0.1) is 0 Å². The summed E-state index contributed by atoms with van der Waals surface area (Å²) in [5.41, 5.74) is 12.0. The van der Waals surface area contributed by atoms with Crippen molar-refractivity contribution < 1.29 is 39.0 Å². The predicted molar refractivity (Wildman–Crippen MR) is 209 cm³/mol. The fraction of sp³-hybridized carbons (Fsp3) is 0.658. The van der Waals surface area contributed by atoms with Crippen LogP contribution in [-0.4, -0.2) is 94.5 Å². The Hall–Kier alpha value is -4.93. The van der Waals surface area contributed by atoms with Crippen LogP contribution in [0, 0.1) is 29.1 Å². The molecular formula is C38H65N9O8. The predicted octanol–water partition coefficient (Wildman–Crippen LogP) is 0.828. The number of rotatable bonds is 24. The zero-order chi connectivity index (χ0) is 42.0. The number of carboxylic acid groups (broad SMARTS) is 1. The number of aliphatic carboxylic acids is 1. The fourth-order valence-electron chi connectivity index (χ4n) is 5.73. The van der Waals surface area contributed by atoms with Crippen LogP contribution in [0.25, 0.3) is 0 Å². The first-order valence-electron chi connectivity index (χ1n) is 19.0. The molecule has 0 aliphatic heterocycles. The van der Waals surface area contributed by atoms with E-state index in [-0.39, 0.29) is 55.8 Å². The smallest absolute Gasteiger partial charge is 0.326 e. The molecule has 17 nitrogen and oxygen atoms in total. The van der Waals surface area contributed by atoms with Gasteiger partial charge in [-0.3, -0.25) is 29.4 Å². The Kier molecular flexibility index (Phi) is 20.8. The summed E-state index contributed by atoms with van der Waals surface area (Å²) in [6.07, 6.45) is 1.41. The Morgan fingerprint density at radius 2 is 1.22 bits per heavy atom. The molecule has 0 bridgehead atoms. The van der Waals surface area contributed by atoms with E-state index in [1.54, 1.807) is 32.9 Å². The normalized spacial score (nSPS) is 15.1. The lowest BCUT2D eigenvalue weighted by Crippen LogP contribution is -2.61. The third-order valence-corrected chi connectivity index (χ3v) is 9.05. The topological polar surface area (TPSA) is 291 Å². The molecule has 0 spiro atoms. The molecule has 0 unspecified atom stereocenters. The molecule has 0 saturated heterocycles. The second-order valence-corrected chi connectivity index (χ2v) is 15.3. The number of hydrogen-bond donors (Lipinski definition) is 11. The molecule has 55 heavy (non-hydrogen) atoms. The number of carbonyl (C=O) groups is 6. The number of guanidine groups is 1. The molecular weight excluding hydrogens is 710 g/mol. The number of phenolic OH excluding ortho intramolecular Hbond substituents is 1. The third-order valence-electron chi connectivity index (χ3n) is 9.05. The van der Waals surface area contributed by atoms with E-state index in [9.17, 15) is 39.0 Å². The Labute approximate surface area is 324 Å². The SMILES string of the molecule is CC[C@H](C)[C@H](NC(=O)[C@@H](NC(=O)[C@H](Cc1ccc(O)cc1)NC(=O)[C@H](CC(C)C)NC(=O)[C@@H](N)CC(C)C)C(C)C)C(=O)N[C@@H](CCCNC(=N)N)C(=O)O. The number of benzene rings is 1. The van der Waals surface area contributed by atoms with Gasteiger partial charge in [0, 0.05) is 13.0 Å². The molecule has 0 saturated carbocycles. The van der Waals surface area contributed by atoms with Gasteiger partial charge in [0.05, 0.1) is 6.04 Å². The zero-order valence-electron chi connectivity index (χ0n) is 33.5. The Bertz CT molecular complexity index is 1440. The summed E-state index contributed by atoms with van der Waals surface area (Å²) in [6, 6.07) is -0.636. The van der Waals surface area contributed by atoms with Crippen molar-refractivity contribution in [3.05, 3.63) is 29.8 Å². The van der Waals surface area contributed by atoms with Gasteiger partial charge >= 0.3 is 5.97 Å². The van der Waals surface area contributed by atoms with Crippen molar-refractivity contribution in [2.75, 3.05) is 6.54 Å². The number of nitrogens with one attached hydrogen (secondary N) is 7. The van der Waals surface area contributed by atoms with E-state index in [1.807, 2.05) is 34.6 Å². The van der Waals surface area contributed by atoms with Crippen molar-refractivity contribution in [1.29, 1.82) is 5.41 Å². The summed E-state index contributed by atoms with van der Waals surface area (Å²) >= 11 is 0. The number of carbonyl (C=O) groups excluding carboxylic acids is 5. The maximum atomic E-state index is 14.0. The fourth-order valence-corrected chi connectivity index (χ4v) is 5.73. The molecule has 310 valence electrons. The standard InChI is InChI=1S/C38H65N9O8/c1-9-23(8)31(36(53)43-27(37(54)55)11-10-16-42-38(40)41)47-35(52)30(22(6)7)46-34(51)29(19-24-12-14-25(48)15-13-24)45-33(50)28(18-21(4)5)44-32(49)26(39)17-20(2)3/h12-15,20-23,26-31,48H,9-11,16-19,39H2,1-8H3,(H,43,53)(H,44,49)(H,45,50)(H,46,51)(H,47,52)(H,54,55)(H4,40,41,42)/t23-,26-,27-,28-,29-,30-,31-/m0/s1. The average molecular weight is 776 g/mol. The first-order chi connectivity index (χ1) is 25.7. The summed E-state index contributed by atoms with van der Waals surface area (Å²) < 4.78 is 0. The minimum Gasteiger partial charge on any atom is -0.508 e. The number of hydrogen-bond acceptors (Lipinski definition) is 9. The molecule has 7 atom stereocenters. The molecule has 0 aliphatic carbocycles. The third kappa shape index (κ3) is 17.8. The van der Waals surface area contributed by atoms with Gasteiger partial charge in [-0.1, -0.05) is 73.9 Å². The van der Waals surface area contributed by atoms with Crippen molar-refractivity contribution in [1.82, 2.24) is 31.9 Å². The monoisotopic (exact) mass is 775 g/mol. The molecule has 17 heteroatoms. The van der Waals surface area contributed by atoms with Gasteiger partial charge in [0.2, 0.25) is 29.5 Å². The van der Waals surface area contributed by atoms with Crippen LogP contribution in [0.5, 0.6) is 5.75 Å². The second kappa shape index (κ2) is 23.8. The van der Waals surface area contributed by atoms with Gasteiger partial charge in [-0.25, -0.2) is 4.79 Å². The highest BCUT2D eigenvalue weighted by molar-refractivity contribution is 5.96. The van der Waals surface area contributed by atoms with Crippen LogP contribution in [0.1, 0.15) is 93.1 Å². The molecule has 1 aromatic rings. The summed E-state index contributed by atoms with van der Waals surface area (Å²) in [7, 11) is 0. The molecule has 0 aromatic heterocycles. The summed E-state index contributed by atoms with van der Waals surface area (Å²) in [5.74, 6) is -5.56. The number of amides is 5. The van der Waals surface area contributed by atoms with Crippen molar-refractivity contribution in [2.24, 2.45) is 35.1 Å². The first kappa shape index (κ1) is 48.1. The number of carboxylic acids is 1. The average Bonchev–Trinajstić information content (AvgIpc) is 3.09. The Balaban J connectivity index is 3.34. The molecule has 0 fully saturated rings. The van der Waals surface area contributed by atoms with Crippen LogP contribution in [0.3, 0.4) is 0 Å². The first-order valence-corrected chi connectivity index (χ1v) is 19.0. The van der Waals surface area contributed by atoms with Crippen LogP contribution >= 0.6 is 0 Å². The quantitative estimate of drug-likeness (QED) is 0.0397. The summed E-state index contributed by atoms with van der Waals surface area (Å²) in [4.78, 5) is 80.0. The van der Waals surface area contributed by atoms with Gasteiger partial charge in [0.15, 0.2) is 5.96 Å². The molecule has 0 radical (unpaired) electrons. The van der Waals surface area contributed by atoms with Gasteiger partial charge in [0.1, 0.15) is 36.0 Å². The van der Waals surface area contributed by atoms with Crippen molar-refractivity contribution in [2.45, 2.75) is 130 Å². The van der Waals surface area contributed by atoms with Crippen LogP contribution in [0.15, 0.2) is 24.3 Å². The number of aromatic hydroxyl groups is 1. The Morgan fingerprint density at radius 3 is 1.73 bits per heavy atom. The summed E-state index contributed by atoms with van der Waals surface area (Å²) in [5, 5.41) is 42.8.